The number of halogens is 3. The van der Waals surface area contributed by atoms with Gasteiger partial charge in [0, 0.05) is 12.5 Å². The summed E-state index contributed by atoms with van der Waals surface area (Å²) in [5.41, 5.74) is -1.57. The van der Waals surface area contributed by atoms with Gasteiger partial charge < -0.3 is 10.6 Å². The highest BCUT2D eigenvalue weighted by Crippen LogP contribution is 2.43. The number of hydrogen-bond acceptors (Lipinski definition) is 3. The molecule has 36 heavy (non-hydrogen) atoms. The van der Waals surface area contributed by atoms with Crippen LogP contribution in [0.2, 0.25) is 0 Å². The summed E-state index contributed by atoms with van der Waals surface area (Å²) in [5.74, 6) is -2.29. The fourth-order valence-corrected chi connectivity index (χ4v) is 4.41. The lowest BCUT2D eigenvalue weighted by Crippen LogP contribution is -2.56. The number of imide groups is 1. The van der Waals surface area contributed by atoms with Crippen LogP contribution in [0.5, 0.6) is 0 Å². The van der Waals surface area contributed by atoms with E-state index in [1.54, 1.807) is 5.32 Å². The Morgan fingerprint density at radius 3 is 1.86 bits per heavy atom. The summed E-state index contributed by atoms with van der Waals surface area (Å²) >= 11 is 0. The lowest BCUT2D eigenvalue weighted by atomic mass is 9.88. The Bertz CT molecular complexity index is 1180. The number of carbonyl (C=O) groups is 3. The Labute approximate surface area is 206 Å². The van der Waals surface area contributed by atoms with Crippen LogP contribution < -0.4 is 10.6 Å². The molecule has 9 heteroatoms. The van der Waals surface area contributed by atoms with Gasteiger partial charge in [0.2, 0.25) is 11.4 Å². The van der Waals surface area contributed by atoms with Crippen molar-refractivity contribution in [3.05, 3.63) is 108 Å². The summed E-state index contributed by atoms with van der Waals surface area (Å²) in [4.78, 5) is 38.2. The first kappa shape index (κ1) is 25.0. The minimum Gasteiger partial charge on any atom is -0.355 e. The van der Waals surface area contributed by atoms with Crippen molar-refractivity contribution in [2.75, 3.05) is 13.1 Å². The molecule has 1 atom stereocenters. The van der Waals surface area contributed by atoms with Crippen molar-refractivity contribution < 1.29 is 27.6 Å². The summed E-state index contributed by atoms with van der Waals surface area (Å²) in [6.45, 7) is -0.628. The number of urea groups is 1. The molecule has 0 saturated carbocycles. The van der Waals surface area contributed by atoms with Gasteiger partial charge in [-0.15, -0.1) is 0 Å². The van der Waals surface area contributed by atoms with Crippen LogP contribution in [0.3, 0.4) is 0 Å². The number of carbonyl (C=O) groups excluding carboxylic acids is 3. The van der Waals surface area contributed by atoms with Crippen molar-refractivity contribution >= 4 is 17.8 Å². The molecule has 0 bridgehead atoms. The van der Waals surface area contributed by atoms with Gasteiger partial charge in [-0.1, -0.05) is 91.0 Å². The Morgan fingerprint density at radius 1 is 0.861 bits per heavy atom. The van der Waals surface area contributed by atoms with Gasteiger partial charge in [0.25, 0.3) is 5.91 Å². The Balaban J connectivity index is 1.44. The topological polar surface area (TPSA) is 78.5 Å². The summed E-state index contributed by atoms with van der Waals surface area (Å²) < 4.78 is 42.3. The monoisotopic (exact) mass is 495 g/mol. The molecule has 1 heterocycles. The van der Waals surface area contributed by atoms with E-state index in [0.29, 0.717) is 11.3 Å². The predicted molar refractivity (Wildman–Crippen MR) is 127 cm³/mol. The third kappa shape index (κ3) is 4.82. The molecule has 0 spiro atoms. The fraction of sp³-hybridized carbons (Fsp3) is 0.222. The molecule has 3 aromatic carbocycles. The number of alkyl halides is 3. The molecule has 1 fully saturated rings. The molecule has 1 aliphatic rings. The maximum absolute atomic E-state index is 14.1. The van der Waals surface area contributed by atoms with Gasteiger partial charge in [-0.2, -0.15) is 13.2 Å². The van der Waals surface area contributed by atoms with E-state index in [-0.39, 0.29) is 12.5 Å². The Hall–Kier alpha value is -4.14. The molecule has 0 aliphatic carbocycles. The van der Waals surface area contributed by atoms with Crippen LogP contribution in [0.1, 0.15) is 29.0 Å². The first-order valence-corrected chi connectivity index (χ1v) is 11.4. The third-order valence-electron chi connectivity index (χ3n) is 6.20. The molecule has 2 N–H and O–H groups in total. The average molecular weight is 496 g/mol. The maximum Gasteiger partial charge on any atom is 0.425 e. The highest BCUT2D eigenvalue weighted by Gasteiger charge is 2.68. The molecule has 4 amide bonds. The van der Waals surface area contributed by atoms with Gasteiger partial charge in [0.05, 0.1) is 0 Å². The molecule has 4 rings (SSSR count). The normalized spacial score (nSPS) is 17.8. The number of amides is 4. The molecule has 0 radical (unpaired) electrons. The van der Waals surface area contributed by atoms with Gasteiger partial charge in [0.15, 0.2) is 0 Å². The molecule has 1 aliphatic heterocycles. The maximum atomic E-state index is 14.1. The number of rotatable bonds is 8. The molecule has 0 aromatic heterocycles. The summed E-state index contributed by atoms with van der Waals surface area (Å²) in [6.07, 6.45) is -4.60. The molecule has 1 saturated heterocycles. The van der Waals surface area contributed by atoms with Gasteiger partial charge >= 0.3 is 12.2 Å². The second-order valence-corrected chi connectivity index (χ2v) is 8.45. The highest BCUT2D eigenvalue weighted by molar-refractivity contribution is 6.10. The second kappa shape index (κ2) is 10.2. The standard InChI is InChI=1S/C27H24F3N3O3/c28-27(29,30)26(21-14-8-3-9-15-21)24(35)33(25(36)32-26)18-23(34)31-17-16-22(19-10-4-1-5-11-19)20-12-6-2-7-13-20/h1-15,22H,16-18H2,(H,31,34)(H,32,36). The number of nitrogens with zero attached hydrogens (tertiary/aromatic N) is 1. The lowest BCUT2D eigenvalue weighted by molar-refractivity contribution is -0.198. The van der Waals surface area contributed by atoms with Crippen molar-refractivity contribution in [2.24, 2.45) is 0 Å². The predicted octanol–water partition coefficient (Wildman–Crippen LogP) is 4.33. The van der Waals surface area contributed by atoms with Crippen LogP contribution in [0.25, 0.3) is 0 Å². The van der Waals surface area contributed by atoms with Crippen molar-refractivity contribution in [3.63, 3.8) is 0 Å². The van der Waals surface area contributed by atoms with Crippen molar-refractivity contribution in [3.8, 4) is 0 Å². The second-order valence-electron chi connectivity index (χ2n) is 8.45. The Kier molecular flexibility index (Phi) is 7.10. The minimum atomic E-state index is -5.11. The highest BCUT2D eigenvalue weighted by atomic mass is 19.4. The molecule has 186 valence electrons. The van der Waals surface area contributed by atoms with E-state index in [1.165, 1.54) is 18.2 Å². The van der Waals surface area contributed by atoms with E-state index in [9.17, 15) is 27.6 Å². The van der Waals surface area contributed by atoms with Gasteiger partial charge in [0.1, 0.15) is 6.54 Å². The van der Waals surface area contributed by atoms with Crippen LogP contribution in [-0.4, -0.2) is 42.0 Å². The van der Waals surface area contributed by atoms with E-state index < -0.39 is 41.7 Å². The van der Waals surface area contributed by atoms with E-state index in [0.717, 1.165) is 23.3 Å². The molecule has 6 nitrogen and oxygen atoms in total. The first-order valence-electron chi connectivity index (χ1n) is 11.4. The van der Waals surface area contributed by atoms with E-state index in [4.69, 9.17) is 0 Å². The van der Waals surface area contributed by atoms with E-state index in [1.807, 2.05) is 60.7 Å². The van der Waals surface area contributed by atoms with Crippen molar-refractivity contribution in [2.45, 2.75) is 24.1 Å². The van der Waals surface area contributed by atoms with E-state index >= 15 is 0 Å². The van der Waals surface area contributed by atoms with Crippen LogP contribution in [-0.2, 0) is 15.1 Å². The van der Waals surface area contributed by atoms with Gasteiger partial charge in [-0.3, -0.25) is 14.5 Å². The quantitative estimate of drug-likeness (QED) is 0.457. The van der Waals surface area contributed by atoms with Crippen molar-refractivity contribution in [1.29, 1.82) is 0 Å². The number of benzene rings is 3. The zero-order chi connectivity index (χ0) is 25.8. The average Bonchev–Trinajstić information content (AvgIpc) is 3.14. The molecule has 3 aromatic rings. The van der Waals surface area contributed by atoms with E-state index in [2.05, 4.69) is 5.32 Å². The summed E-state index contributed by atoms with van der Waals surface area (Å²) in [5, 5.41) is 4.41. The fourth-order valence-electron chi connectivity index (χ4n) is 4.41. The largest absolute Gasteiger partial charge is 0.425 e. The molecular formula is C27H24F3N3O3. The van der Waals surface area contributed by atoms with Crippen LogP contribution in [0.4, 0.5) is 18.0 Å². The zero-order valence-electron chi connectivity index (χ0n) is 19.2. The number of nitrogens with one attached hydrogen (secondary N) is 2. The van der Waals surface area contributed by atoms with Crippen LogP contribution in [0.15, 0.2) is 91.0 Å². The Morgan fingerprint density at radius 2 is 1.36 bits per heavy atom. The third-order valence-corrected chi connectivity index (χ3v) is 6.20. The van der Waals surface area contributed by atoms with Gasteiger partial charge in [-0.05, 0) is 23.1 Å². The SMILES string of the molecule is O=C(CN1C(=O)NC(c2ccccc2)(C(F)(F)F)C1=O)NCCC(c1ccccc1)c1ccccc1. The first-order chi connectivity index (χ1) is 17.2. The zero-order valence-corrected chi connectivity index (χ0v) is 19.2. The summed E-state index contributed by atoms with van der Waals surface area (Å²) in [7, 11) is 0. The minimum absolute atomic E-state index is 0.0274. The van der Waals surface area contributed by atoms with Crippen LogP contribution >= 0.6 is 0 Å². The lowest BCUT2D eigenvalue weighted by Gasteiger charge is -2.29. The van der Waals surface area contributed by atoms with Gasteiger partial charge in [-0.25, -0.2) is 4.79 Å². The summed E-state index contributed by atoms with van der Waals surface area (Å²) in [6, 6.07) is 24.5. The van der Waals surface area contributed by atoms with Crippen LogP contribution in [0, 0.1) is 0 Å². The molecular weight excluding hydrogens is 471 g/mol. The van der Waals surface area contributed by atoms with Crippen molar-refractivity contribution in [1.82, 2.24) is 15.5 Å². The number of hydrogen-bond donors (Lipinski definition) is 2. The smallest absolute Gasteiger partial charge is 0.355 e. The molecule has 1 unspecified atom stereocenters.